The van der Waals surface area contributed by atoms with E-state index in [2.05, 4.69) is 9.71 Å². The quantitative estimate of drug-likeness (QED) is 0.739. The van der Waals surface area contributed by atoms with Crippen LogP contribution >= 0.6 is 0 Å². The van der Waals surface area contributed by atoms with Crippen molar-refractivity contribution in [2.24, 2.45) is 0 Å². The highest BCUT2D eigenvalue weighted by molar-refractivity contribution is 7.92. The molecule has 0 spiro atoms. The van der Waals surface area contributed by atoms with Gasteiger partial charge in [-0.05, 0) is 42.8 Å². The van der Waals surface area contributed by atoms with Gasteiger partial charge in [0, 0.05) is 5.39 Å². The van der Waals surface area contributed by atoms with Crippen molar-refractivity contribution in [3.63, 3.8) is 0 Å². The molecule has 0 aliphatic heterocycles. The minimum Gasteiger partial charge on any atom is -0.494 e. The van der Waals surface area contributed by atoms with E-state index in [0.29, 0.717) is 18.0 Å². The summed E-state index contributed by atoms with van der Waals surface area (Å²) in [5.74, 6) is 0.656. The van der Waals surface area contributed by atoms with Gasteiger partial charge in [-0.15, -0.1) is 0 Å². The minimum atomic E-state index is -3.66. The van der Waals surface area contributed by atoms with Gasteiger partial charge in [-0.25, -0.2) is 8.42 Å². The Morgan fingerprint density at radius 1 is 1.08 bits per heavy atom. The third-order valence-corrected chi connectivity index (χ3v) is 4.85. The van der Waals surface area contributed by atoms with E-state index in [1.807, 2.05) is 31.2 Å². The molecule has 0 bridgehead atoms. The van der Waals surface area contributed by atoms with E-state index in [1.54, 1.807) is 18.2 Å². The van der Waals surface area contributed by atoms with Crippen LogP contribution in [0.1, 0.15) is 13.3 Å². The standard InChI is InChI=1S/C18H18N2O3S/c1-2-11-23-16-7-9-17(10-8-16)24(21,22)20-15-12-14-5-3-4-6-18(14)19-13-15/h3-10,12-13,20H,2,11H2,1H3. The fourth-order valence-corrected chi connectivity index (χ4v) is 3.31. The van der Waals surface area contributed by atoms with Crippen molar-refractivity contribution < 1.29 is 13.2 Å². The molecule has 6 heteroatoms. The minimum absolute atomic E-state index is 0.180. The van der Waals surface area contributed by atoms with Crippen LogP contribution in [0.4, 0.5) is 5.69 Å². The number of aromatic nitrogens is 1. The van der Waals surface area contributed by atoms with E-state index in [1.165, 1.54) is 18.3 Å². The van der Waals surface area contributed by atoms with Gasteiger partial charge < -0.3 is 4.74 Å². The van der Waals surface area contributed by atoms with Crippen LogP contribution in [0.3, 0.4) is 0 Å². The van der Waals surface area contributed by atoms with Gasteiger partial charge in [-0.3, -0.25) is 9.71 Å². The van der Waals surface area contributed by atoms with E-state index in [4.69, 9.17) is 4.74 Å². The van der Waals surface area contributed by atoms with Crippen LogP contribution in [0, 0.1) is 0 Å². The monoisotopic (exact) mass is 342 g/mol. The lowest BCUT2D eigenvalue weighted by molar-refractivity contribution is 0.317. The van der Waals surface area contributed by atoms with Crippen LogP contribution in [0.5, 0.6) is 5.75 Å². The number of nitrogens with zero attached hydrogens (tertiary/aromatic N) is 1. The number of nitrogens with one attached hydrogen (secondary N) is 1. The predicted molar refractivity (Wildman–Crippen MR) is 94.8 cm³/mol. The van der Waals surface area contributed by atoms with Crippen LogP contribution < -0.4 is 9.46 Å². The zero-order chi connectivity index (χ0) is 17.0. The molecule has 2 aromatic carbocycles. The number of anilines is 1. The first kappa shape index (κ1) is 16.3. The number of ether oxygens (including phenoxy) is 1. The summed E-state index contributed by atoms with van der Waals surface area (Å²) in [4.78, 5) is 4.44. The Morgan fingerprint density at radius 3 is 2.58 bits per heavy atom. The Bertz CT molecular complexity index is 938. The van der Waals surface area contributed by atoms with Gasteiger partial charge in [0.05, 0.1) is 28.9 Å². The van der Waals surface area contributed by atoms with Crippen molar-refractivity contribution in [2.45, 2.75) is 18.2 Å². The molecule has 124 valence electrons. The van der Waals surface area contributed by atoms with Gasteiger partial charge in [0.15, 0.2) is 0 Å². The molecule has 0 aliphatic carbocycles. The molecule has 3 rings (SSSR count). The molecule has 5 nitrogen and oxygen atoms in total. The summed E-state index contributed by atoms with van der Waals surface area (Å²) in [6.07, 6.45) is 2.41. The summed E-state index contributed by atoms with van der Waals surface area (Å²) in [7, 11) is -3.66. The summed E-state index contributed by atoms with van der Waals surface area (Å²) in [6.45, 7) is 2.62. The Labute approximate surface area is 141 Å². The zero-order valence-electron chi connectivity index (χ0n) is 13.3. The summed E-state index contributed by atoms with van der Waals surface area (Å²) < 4.78 is 33.0. The molecule has 0 fully saturated rings. The molecule has 1 heterocycles. The Morgan fingerprint density at radius 2 is 1.83 bits per heavy atom. The number of pyridine rings is 1. The lowest BCUT2D eigenvalue weighted by Gasteiger charge is -2.10. The van der Waals surface area contributed by atoms with E-state index < -0.39 is 10.0 Å². The molecule has 1 aromatic heterocycles. The Balaban J connectivity index is 1.81. The number of hydrogen-bond donors (Lipinski definition) is 1. The lowest BCUT2D eigenvalue weighted by atomic mass is 10.2. The largest absolute Gasteiger partial charge is 0.494 e. The smallest absolute Gasteiger partial charge is 0.261 e. The second-order valence-corrected chi connectivity index (χ2v) is 7.02. The van der Waals surface area contributed by atoms with E-state index in [0.717, 1.165) is 17.3 Å². The van der Waals surface area contributed by atoms with E-state index >= 15 is 0 Å². The fraction of sp³-hybridized carbons (Fsp3) is 0.167. The van der Waals surface area contributed by atoms with Gasteiger partial charge >= 0.3 is 0 Å². The van der Waals surface area contributed by atoms with Gasteiger partial charge in [0.25, 0.3) is 10.0 Å². The first-order chi connectivity index (χ1) is 11.6. The summed E-state index contributed by atoms with van der Waals surface area (Å²) in [6, 6.07) is 15.7. The second kappa shape index (κ2) is 6.88. The number of para-hydroxylation sites is 1. The van der Waals surface area contributed by atoms with Crippen molar-refractivity contribution in [3.05, 3.63) is 60.8 Å². The van der Waals surface area contributed by atoms with Crippen molar-refractivity contribution in [1.82, 2.24) is 4.98 Å². The van der Waals surface area contributed by atoms with E-state index in [-0.39, 0.29) is 4.90 Å². The fourth-order valence-electron chi connectivity index (χ4n) is 2.28. The van der Waals surface area contributed by atoms with Gasteiger partial charge in [-0.2, -0.15) is 0 Å². The molecule has 0 radical (unpaired) electrons. The number of rotatable bonds is 6. The average molecular weight is 342 g/mol. The van der Waals surface area contributed by atoms with Crippen molar-refractivity contribution in [1.29, 1.82) is 0 Å². The predicted octanol–water partition coefficient (Wildman–Crippen LogP) is 3.82. The number of sulfonamides is 1. The maximum absolute atomic E-state index is 12.5. The molecule has 24 heavy (non-hydrogen) atoms. The van der Waals surface area contributed by atoms with Crippen molar-refractivity contribution in [3.8, 4) is 5.75 Å². The molecule has 0 aliphatic rings. The van der Waals surface area contributed by atoms with Crippen molar-refractivity contribution in [2.75, 3.05) is 11.3 Å². The Kier molecular flexibility index (Phi) is 4.66. The van der Waals surface area contributed by atoms with Crippen LogP contribution in [0.25, 0.3) is 10.9 Å². The van der Waals surface area contributed by atoms with E-state index in [9.17, 15) is 8.42 Å². The second-order valence-electron chi connectivity index (χ2n) is 5.34. The summed E-state index contributed by atoms with van der Waals surface area (Å²) in [5.41, 5.74) is 1.25. The van der Waals surface area contributed by atoms with Gasteiger partial charge in [0.1, 0.15) is 5.75 Å². The Hall–Kier alpha value is -2.60. The van der Waals surface area contributed by atoms with Gasteiger partial charge in [-0.1, -0.05) is 25.1 Å². The highest BCUT2D eigenvalue weighted by atomic mass is 32.2. The number of benzene rings is 2. The maximum atomic E-state index is 12.5. The number of hydrogen-bond acceptors (Lipinski definition) is 4. The first-order valence-corrected chi connectivity index (χ1v) is 9.17. The lowest BCUT2D eigenvalue weighted by Crippen LogP contribution is -2.13. The van der Waals surface area contributed by atoms with Crippen molar-refractivity contribution >= 4 is 26.6 Å². The maximum Gasteiger partial charge on any atom is 0.261 e. The molecule has 0 amide bonds. The molecular formula is C18H18N2O3S. The molecule has 0 saturated carbocycles. The van der Waals surface area contributed by atoms with Gasteiger partial charge in [0.2, 0.25) is 0 Å². The van der Waals surface area contributed by atoms with Crippen LogP contribution in [-0.4, -0.2) is 20.0 Å². The molecule has 1 N–H and O–H groups in total. The van der Waals surface area contributed by atoms with Crippen LogP contribution in [-0.2, 0) is 10.0 Å². The number of fused-ring (bicyclic) bond motifs is 1. The normalized spacial score (nSPS) is 11.4. The summed E-state index contributed by atoms with van der Waals surface area (Å²) in [5, 5.41) is 0.876. The topological polar surface area (TPSA) is 68.3 Å². The zero-order valence-corrected chi connectivity index (χ0v) is 14.1. The molecule has 0 atom stereocenters. The highest BCUT2D eigenvalue weighted by Crippen LogP contribution is 2.21. The SMILES string of the molecule is CCCOc1ccc(S(=O)(=O)Nc2cnc3ccccc3c2)cc1. The first-order valence-electron chi connectivity index (χ1n) is 7.69. The molecule has 0 unspecified atom stereocenters. The molecule has 3 aromatic rings. The van der Waals surface area contributed by atoms with Crippen LogP contribution in [0.15, 0.2) is 65.7 Å². The third kappa shape index (κ3) is 3.65. The van der Waals surface area contributed by atoms with Crippen LogP contribution in [0.2, 0.25) is 0 Å². The average Bonchev–Trinajstić information content (AvgIpc) is 2.60. The molecular weight excluding hydrogens is 324 g/mol. The highest BCUT2D eigenvalue weighted by Gasteiger charge is 2.14. The third-order valence-electron chi connectivity index (χ3n) is 3.45. The summed E-state index contributed by atoms with van der Waals surface area (Å²) >= 11 is 0. The molecule has 0 saturated heterocycles.